The van der Waals surface area contributed by atoms with Gasteiger partial charge >= 0.3 is 0 Å². The van der Waals surface area contributed by atoms with Gasteiger partial charge < -0.3 is 19.7 Å². The summed E-state index contributed by atoms with van der Waals surface area (Å²) in [4.78, 5) is 23.8. The maximum Gasteiger partial charge on any atom is 0.236 e. The molecule has 0 aromatic carbocycles. The highest BCUT2D eigenvalue weighted by atomic mass is 127. The first-order valence-electron chi connectivity index (χ1n) is 10.5. The van der Waals surface area contributed by atoms with Gasteiger partial charge in [0.1, 0.15) is 12.4 Å². The molecule has 10 heteroatoms. The zero-order valence-corrected chi connectivity index (χ0v) is 19.8. The Balaban J connectivity index is 0.00000240. The van der Waals surface area contributed by atoms with Crippen LogP contribution in [0.25, 0.3) is 0 Å². The lowest BCUT2D eigenvalue weighted by Crippen LogP contribution is -2.54. The van der Waals surface area contributed by atoms with Crippen molar-refractivity contribution < 1.29 is 4.79 Å². The van der Waals surface area contributed by atoms with Gasteiger partial charge in [0.2, 0.25) is 5.91 Å². The zero-order chi connectivity index (χ0) is 19.5. The molecule has 1 aromatic heterocycles. The second-order valence-corrected chi connectivity index (χ2v) is 8.13. The van der Waals surface area contributed by atoms with Gasteiger partial charge in [0, 0.05) is 52.4 Å². The molecule has 0 spiro atoms. The Hall–Kier alpha value is -1.43. The van der Waals surface area contributed by atoms with Gasteiger partial charge in [-0.3, -0.25) is 9.69 Å². The number of nitrogens with zero attached hydrogens (tertiary/aromatic N) is 7. The van der Waals surface area contributed by atoms with Crippen LogP contribution in [0, 0.1) is 6.92 Å². The summed E-state index contributed by atoms with van der Waals surface area (Å²) >= 11 is 0. The van der Waals surface area contributed by atoms with Crippen molar-refractivity contribution >= 4 is 35.8 Å². The number of halogens is 1. The molecule has 3 fully saturated rings. The van der Waals surface area contributed by atoms with E-state index < -0.39 is 0 Å². The van der Waals surface area contributed by atoms with Crippen molar-refractivity contribution in [3.63, 3.8) is 0 Å². The number of guanidine groups is 1. The molecule has 2 aliphatic heterocycles. The van der Waals surface area contributed by atoms with Crippen LogP contribution in [-0.4, -0.2) is 93.2 Å². The van der Waals surface area contributed by atoms with Crippen LogP contribution < -0.4 is 5.32 Å². The van der Waals surface area contributed by atoms with Gasteiger partial charge in [0.15, 0.2) is 11.8 Å². The number of aliphatic imine (C=N–C) groups is 1. The number of rotatable bonds is 5. The van der Waals surface area contributed by atoms with E-state index in [1.54, 1.807) is 0 Å². The molecule has 0 bridgehead atoms. The summed E-state index contributed by atoms with van der Waals surface area (Å²) in [5.41, 5.74) is 0. The van der Waals surface area contributed by atoms with E-state index in [0.29, 0.717) is 19.1 Å². The Bertz CT molecular complexity index is 718. The zero-order valence-electron chi connectivity index (χ0n) is 17.5. The van der Waals surface area contributed by atoms with E-state index in [1.807, 2.05) is 23.4 Å². The molecule has 0 unspecified atom stereocenters. The quantitative estimate of drug-likeness (QED) is 0.351. The van der Waals surface area contributed by atoms with Gasteiger partial charge in [-0.1, -0.05) is 0 Å². The van der Waals surface area contributed by atoms with E-state index in [4.69, 9.17) is 4.99 Å². The van der Waals surface area contributed by atoms with Crippen LogP contribution >= 0.6 is 24.0 Å². The molecule has 3 aliphatic rings. The Morgan fingerprint density at radius 1 is 1.07 bits per heavy atom. The lowest BCUT2D eigenvalue weighted by atomic mass is 10.3. The first kappa shape index (κ1) is 22.3. The second-order valence-electron chi connectivity index (χ2n) is 8.13. The maximum absolute atomic E-state index is 12.4. The third kappa shape index (κ3) is 5.80. The number of nitrogens with one attached hydrogen (secondary N) is 1. The smallest absolute Gasteiger partial charge is 0.236 e. The predicted molar refractivity (Wildman–Crippen MR) is 122 cm³/mol. The average Bonchev–Trinajstić information content (AvgIpc) is 3.23. The molecule has 4 rings (SSSR count). The standard InChI is InChI=1S/C19H32N8O.HI/c1-15-22-23-17(24(15)2)13-20-19(21-16-5-6-16)27-11-9-25(10-12-27)14-18(28)26-7-3-4-8-26;/h16H,3-14H2,1-2H3,(H,20,21);1H. The first-order chi connectivity index (χ1) is 13.6. The van der Waals surface area contributed by atoms with Gasteiger partial charge in [-0.05, 0) is 32.6 Å². The minimum absolute atomic E-state index is 0. The van der Waals surface area contributed by atoms with E-state index in [-0.39, 0.29) is 29.9 Å². The highest BCUT2D eigenvalue weighted by Crippen LogP contribution is 2.19. The SMILES string of the molecule is Cc1nnc(CN=C(NC2CC2)N2CCN(CC(=O)N3CCCC3)CC2)n1C.I. The summed E-state index contributed by atoms with van der Waals surface area (Å²) in [6.07, 6.45) is 4.73. The molecule has 29 heavy (non-hydrogen) atoms. The topological polar surface area (TPSA) is 81.9 Å². The van der Waals surface area contributed by atoms with Crippen LogP contribution in [0.3, 0.4) is 0 Å². The van der Waals surface area contributed by atoms with Gasteiger partial charge in [-0.15, -0.1) is 34.2 Å². The van der Waals surface area contributed by atoms with Crippen LogP contribution in [0.1, 0.15) is 37.3 Å². The number of aromatic nitrogens is 3. The van der Waals surface area contributed by atoms with Gasteiger partial charge in [-0.25, -0.2) is 4.99 Å². The van der Waals surface area contributed by atoms with Crippen molar-refractivity contribution in [3.05, 3.63) is 11.6 Å². The number of carbonyl (C=O) groups is 1. The molecule has 1 saturated carbocycles. The molecule has 0 radical (unpaired) electrons. The summed E-state index contributed by atoms with van der Waals surface area (Å²) in [5.74, 6) is 3.03. The normalized spacial score (nSPS) is 20.7. The lowest BCUT2D eigenvalue weighted by molar-refractivity contribution is -0.131. The molecule has 2 saturated heterocycles. The van der Waals surface area contributed by atoms with Crippen molar-refractivity contribution in [2.24, 2.45) is 12.0 Å². The predicted octanol–water partition coefficient (Wildman–Crippen LogP) is 0.590. The van der Waals surface area contributed by atoms with Gasteiger partial charge in [0.25, 0.3) is 0 Å². The lowest BCUT2D eigenvalue weighted by Gasteiger charge is -2.36. The number of carbonyl (C=O) groups excluding carboxylic acids is 1. The Labute approximate surface area is 189 Å². The van der Waals surface area contributed by atoms with Crippen LogP contribution in [0.2, 0.25) is 0 Å². The fourth-order valence-corrected chi connectivity index (χ4v) is 3.76. The van der Waals surface area contributed by atoms with E-state index in [9.17, 15) is 4.79 Å². The Kier molecular flexibility index (Phi) is 7.72. The second kappa shape index (κ2) is 10.1. The molecule has 1 N–H and O–H groups in total. The number of aryl methyl sites for hydroxylation is 1. The number of amides is 1. The summed E-state index contributed by atoms with van der Waals surface area (Å²) in [6.45, 7) is 8.47. The van der Waals surface area contributed by atoms with E-state index in [1.165, 1.54) is 12.8 Å². The average molecular weight is 516 g/mol. The Morgan fingerprint density at radius 2 is 1.76 bits per heavy atom. The highest BCUT2D eigenvalue weighted by Gasteiger charge is 2.28. The fraction of sp³-hybridized carbons (Fsp3) is 0.789. The third-order valence-corrected chi connectivity index (χ3v) is 5.95. The number of piperazine rings is 1. The fourth-order valence-electron chi connectivity index (χ4n) is 3.76. The van der Waals surface area contributed by atoms with Crippen LogP contribution in [0.5, 0.6) is 0 Å². The van der Waals surface area contributed by atoms with E-state index in [2.05, 4.69) is 25.3 Å². The minimum Gasteiger partial charge on any atom is -0.353 e. The van der Waals surface area contributed by atoms with Gasteiger partial charge in [0.05, 0.1) is 6.54 Å². The third-order valence-electron chi connectivity index (χ3n) is 5.95. The summed E-state index contributed by atoms with van der Waals surface area (Å²) < 4.78 is 1.99. The molecule has 3 heterocycles. The number of hydrogen-bond acceptors (Lipinski definition) is 5. The molecule has 1 aromatic rings. The molecule has 9 nitrogen and oxygen atoms in total. The summed E-state index contributed by atoms with van der Waals surface area (Å²) in [5, 5.41) is 11.9. The van der Waals surface area contributed by atoms with Crippen LogP contribution in [0.15, 0.2) is 4.99 Å². The van der Waals surface area contributed by atoms with Crippen molar-refractivity contribution in [1.29, 1.82) is 0 Å². The molecule has 1 aliphatic carbocycles. The number of likely N-dealkylation sites (tertiary alicyclic amines) is 1. The maximum atomic E-state index is 12.4. The Morgan fingerprint density at radius 3 is 2.34 bits per heavy atom. The molecular formula is C19H33IN8O. The number of hydrogen-bond donors (Lipinski definition) is 1. The van der Waals surface area contributed by atoms with Gasteiger partial charge in [-0.2, -0.15) is 0 Å². The highest BCUT2D eigenvalue weighted by molar-refractivity contribution is 14.0. The van der Waals surface area contributed by atoms with E-state index in [0.717, 1.165) is 69.7 Å². The van der Waals surface area contributed by atoms with Crippen molar-refractivity contribution in [1.82, 2.24) is 34.8 Å². The first-order valence-corrected chi connectivity index (χ1v) is 10.5. The summed E-state index contributed by atoms with van der Waals surface area (Å²) in [7, 11) is 1.98. The monoisotopic (exact) mass is 516 g/mol. The summed E-state index contributed by atoms with van der Waals surface area (Å²) in [6, 6.07) is 0.551. The van der Waals surface area contributed by atoms with Crippen molar-refractivity contribution in [2.75, 3.05) is 45.8 Å². The molecule has 0 atom stereocenters. The molecular weight excluding hydrogens is 483 g/mol. The van der Waals surface area contributed by atoms with Crippen LogP contribution in [0.4, 0.5) is 0 Å². The largest absolute Gasteiger partial charge is 0.353 e. The van der Waals surface area contributed by atoms with Crippen molar-refractivity contribution in [3.8, 4) is 0 Å². The van der Waals surface area contributed by atoms with Crippen molar-refractivity contribution in [2.45, 2.75) is 45.2 Å². The minimum atomic E-state index is 0. The van der Waals surface area contributed by atoms with E-state index >= 15 is 0 Å². The molecule has 1 amide bonds. The molecule has 162 valence electrons. The van der Waals surface area contributed by atoms with Crippen LogP contribution in [-0.2, 0) is 18.4 Å².